The molecular weight excluding hydrogens is 230 g/mol. The molecule has 5 heteroatoms. The third kappa shape index (κ3) is 2.36. The molecule has 1 atom stereocenters. The van der Waals surface area contributed by atoms with Crippen LogP contribution in [0, 0.1) is 5.92 Å². The van der Waals surface area contributed by atoms with Gasteiger partial charge in [0.05, 0.1) is 29.9 Å². The highest BCUT2D eigenvalue weighted by Crippen LogP contribution is 2.11. The summed E-state index contributed by atoms with van der Waals surface area (Å²) in [4.78, 5) is 12.1. The molecule has 5 nitrogen and oxygen atoms in total. The van der Waals surface area contributed by atoms with Crippen LogP contribution in [-0.4, -0.2) is 33.3 Å². The number of fused-ring (bicyclic) bond motifs is 1. The lowest BCUT2D eigenvalue weighted by Gasteiger charge is -2.19. The number of carbonyl (C=O) groups excluding carboxylic acids is 1. The molecule has 2 N–H and O–H groups in total. The number of nitrogens with zero attached hydrogens (tertiary/aromatic N) is 2. The van der Waals surface area contributed by atoms with Gasteiger partial charge in [0, 0.05) is 6.20 Å². The van der Waals surface area contributed by atoms with Gasteiger partial charge in [0.25, 0.3) is 5.91 Å². The zero-order valence-corrected chi connectivity index (χ0v) is 10.5. The Morgan fingerprint density at radius 1 is 1.50 bits per heavy atom. The van der Waals surface area contributed by atoms with Gasteiger partial charge >= 0.3 is 0 Å². The minimum Gasteiger partial charge on any atom is -0.394 e. The van der Waals surface area contributed by atoms with Crippen molar-refractivity contribution >= 4 is 11.4 Å². The molecule has 0 radical (unpaired) electrons. The van der Waals surface area contributed by atoms with Crippen molar-refractivity contribution in [2.75, 3.05) is 6.61 Å². The van der Waals surface area contributed by atoms with E-state index >= 15 is 0 Å². The summed E-state index contributed by atoms with van der Waals surface area (Å²) in [7, 11) is 0. The van der Waals surface area contributed by atoms with Crippen LogP contribution in [0.4, 0.5) is 0 Å². The van der Waals surface area contributed by atoms with Gasteiger partial charge in [-0.1, -0.05) is 19.9 Å². The number of aromatic nitrogens is 2. The summed E-state index contributed by atoms with van der Waals surface area (Å²) in [5.74, 6) is -0.0234. The molecule has 0 saturated carbocycles. The highest BCUT2D eigenvalue weighted by atomic mass is 16.3. The van der Waals surface area contributed by atoms with Crippen LogP contribution in [0.15, 0.2) is 30.6 Å². The molecule has 2 aromatic rings. The van der Waals surface area contributed by atoms with Crippen molar-refractivity contribution in [3.05, 3.63) is 36.2 Å². The van der Waals surface area contributed by atoms with Crippen molar-refractivity contribution in [1.82, 2.24) is 14.9 Å². The SMILES string of the molecule is CC(C)[C@@H](CO)NC(=O)c1cnn2ccccc12. The molecule has 0 spiro atoms. The molecule has 18 heavy (non-hydrogen) atoms. The Morgan fingerprint density at radius 2 is 2.28 bits per heavy atom. The number of hydrogen-bond donors (Lipinski definition) is 2. The summed E-state index contributed by atoms with van der Waals surface area (Å²) in [6.45, 7) is 3.84. The maximum absolute atomic E-state index is 12.1. The van der Waals surface area contributed by atoms with Crippen molar-refractivity contribution in [2.24, 2.45) is 5.92 Å². The standard InChI is InChI=1S/C13H17N3O2/c1-9(2)11(8-17)15-13(18)10-7-14-16-6-4-3-5-12(10)16/h3-7,9,11,17H,8H2,1-2H3,(H,15,18)/t11-/m1/s1. The van der Waals surface area contributed by atoms with Crippen LogP contribution in [0.5, 0.6) is 0 Å². The molecule has 0 aromatic carbocycles. The summed E-state index contributed by atoms with van der Waals surface area (Å²) in [6.07, 6.45) is 3.33. The van der Waals surface area contributed by atoms with Crippen LogP contribution in [0.25, 0.3) is 5.52 Å². The van der Waals surface area contributed by atoms with Gasteiger partial charge in [0.2, 0.25) is 0 Å². The molecule has 0 aliphatic heterocycles. The van der Waals surface area contributed by atoms with E-state index in [0.717, 1.165) is 5.52 Å². The first kappa shape index (κ1) is 12.6. The number of amides is 1. The number of aliphatic hydroxyl groups excluding tert-OH is 1. The van der Waals surface area contributed by atoms with E-state index in [1.165, 1.54) is 0 Å². The van der Waals surface area contributed by atoms with Crippen LogP contribution < -0.4 is 5.32 Å². The average Bonchev–Trinajstić information content (AvgIpc) is 2.79. The first-order valence-electron chi connectivity index (χ1n) is 5.97. The molecule has 0 saturated heterocycles. The van der Waals surface area contributed by atoms with Gasteiger partial charge in [-0.15, -0.1) is 0 Å². The predicted molar refractivity (Wildman–Crippen MR) is 68.4 cm³/mol. The van der Waals surface area contributed by atoms with E-state index in [1.807, 2.05) is 32.0 Å². The number of pyridine rings is 1. The van der Waals surface area contributed by atoms with Crippen LogP contribution in [0.3, 0.4) is 0 Å². The number of nitrogens with one attached hydrogen (secondary N) is 1. The fourth-order valence-electron chi connectivity index (χ4n) is 1.78. The Morgan fingerprint density at radius 3 is 2.94 bits per heavy atom. The van der Waals surface area contributed by atoms with E-state index in [-0.39, 0.29) is 24.5 Å². The Bertz CT molecular complexity index is 548. The fourth-order valence-corrected chi connectivity index (χ4v) is 1.78. The number of aliphatic hydroxyl groups is 1. The molecule has 2 rings (SSSR count). The molecule has 96 valence electrons. The van der Waals surface area contributed by atoms with Gasteiger partial charge in [0.15, 0.2) is 0 Å². The molecule has 0 fully saturated rings. The van der Waals surface area contributed by atoms with E-state index < -0.39 is 0 Å². The first-order valence-corrected chi connectivity index (χ1v) is 5.97. The number of carbonyl (C=O) groups is 1. The van der Waals surface area contributed by atoms with Gasteiger partial charge in [-0.25, -0.2) is 4.52 Å². The van der Waals surface area contributed by atoms with Crippen molar-refractivity contribution < 1.29 is 9.90 Å². The second kappa shape index (κ2) is 5.18. The Labute approximate surface area is 105 Å². The van der Waals surface area contributed by atoms with Crippen LogP contribution >= 0.6 is 0 Å². The summed E-state index contributed by atoms with van der Waals surface area (Å²) < 4.78 is 1.65. The van der Waals surface area contributed by atoms with Crippen molar-refractivity contribution in [3.63, 3.8) is 0 Å². The topological polar surface area (TPSA) is 66.6 Å². The number of rotatable bonds is 4. The van der Waals surface area contributed by atoms with Crippen molar-refractivity contribution in [3.8, 4) is 0 Å². The molecule has 2 aromatic heterocycles. The van der Waals surface area contributed by atoms with Crippen LogP contribution in [0.1, 0.15) is 24.2 Å². The average molecular weight is 247 g/mol. The second-order valence-electron chi connectivity index (χ2n) is 4.60. The normalized spacial score (nSPS) is 12.9. The van der Waals surface area contributed by atoms with Crippen molar-refractivity contribution in [1.29, 1.82) is 0 Å². The van der Waals surface area contributed by atoms with Crippen LogP contribution in [-0.2, 0) is 0 Å². The quantitative estimate of drug-likeness (QED) is 0.849. The Balaban J connectivity index is 2.23. The van der Waals surface area contributed by atoms with E-state index in [4.69, 9.17) is 0 Å². The zero-order chi connectivity index (χ0) is 13.1. The summed E-state index contributed by atoms with van der Waals surface area (Å²) in [6, 6.07) is 5.31. The molecule has 0 unspecified atom stereocenters. The Kier molecular flexibility index (Phi) is 3.62. The smallest absolute Gasteiger partial charge is 0.255 e. The maximum Gasteiger partial charge on any atom is 0.255 e. The first-order chi connectivity index (χ1) is 8.63. The van der Waals surface area contributed by atoms with Crippen molar-refractivity contribution in [2.45, 2.75) is 19.9 Å². The van der Waals surface area contributed by atoms with E-state index in [0.29, 0.717) is 5.56 Å². The molecule has 0 aliphatic rings. The predicted octanol–water partition coefficient (Wildman–Crippen LogP) is 1.08. The minimum absolute atomic E-state index is 0.0668. The van der Waals surface area contributed by atoms with E-state index in [2.05, 4.69) is 10.4 Å². The van der Waals surface area contributed by atoms with Crippen LogP contribution in [0.2, 0.25) is 0 Å². The number of hydrogen-bond acceptors (Lipinski definition) is 3. The fraction of sp³-hybridized carbons (Fsp3) is 0.385. The molecular formula is C13H17N3O2. The maximum atomic E-state index is 12.1. The van der Waals surface area contributed by atoms with E-state index in [1.54, 1.807) is 16.9 Å². The Hall–Kier alpha value is -1.88. The molecule has 2 heterocycles. The summed E-state index contributed by atoms with van der Waals surface area (Å²) >= 11 is 0. The van der Waals surface area contributed by atoms with Gasteiger partial charge in [0.1, 0.15) is 0 Å². The van der Waals surface area contributed by atoms with Gasteiger partial charge in [-0.05, 0) is 18.1 Å². The molecule has 0 bridgehead atoms. The lowest BCUT2D eigenvalue weighted by Crippen LogP contribution is -2.41. The highest BCUT2D eigenvalue weighted by Gasteiger charge is 2.18. The second-order valence-corrected chi connectivity index (χ2v) is 4.60. The lowest BCUT2D eigenvalue weighted by atomic mass is 10.1. The van der Waals surface area contributed by atoms with Gasteiger partial charge in [-0.2, -0.15) is 5.10 Å². The molecule has 0 aliphatic carbocycles. The zero-order valence-electron chi connectivity index (χ0n) is 10.5. The summed E-state index contributed by atoms with van der Waals surface area (Å²) in [5, 5.41) is 16.2. The summed E-state index contributed by atoms with van der Waals surface area (Å²) in [5.41, 5.74) is 1.28. The monoisotopic (exact) mass is 247 g/mol. The largest absolute Gasteiger partial charge is 0.394 e. The third-order valence-electron chi connectivity index (χ3n) is 2.99. The van der Waals surface area contributed by atoms with E-state index in [9.17, 15) is 9.90 Å². The van der Waals surface area contributed by atoms with Gasteiger partial charge < -0.3 is 10.4 Å². The lowest BCUT2D eigenvalue weighted by molar-refractivity contribution is 0.0898. The highest BCUT2D eigenvalue weighted by molar-refractivity contribution is 6.00. The third-order valence-corrected chi connectivity index (χ3v) is 2.99. The minimum atomic E-state index is -0.240. The van der Waals surface area contributed by atoms with Gasteiger partial charge in [-0.3, -0.25) is 4.79 Å². The molecule has 1 amide bonds.